The fourth-order valence-corrected chi connectivity index (χ4v) is 7.79. The Morgan fingerprint density at radius 3 is 2.02 bits per heavy atom. The van der Waals surface area contributed by atoms with Gasteiger partial charge in [-0.25, -0.2) is 9.79 Å². The van der Waals surface area contributed by atoms with Crippen molar-refractivity contribution in [2.24, 2.45) is 10.4 Å². The molecule has 0 aromatic heterocycles. The average molecular weight is 602 g/mol. The Morgan fingerprint density at radius 2 is 1.47 bits per heavy atom. The summed E-state index contributed by atoms with van der Waals surface area (Å²) in [7, 11) is 5.93. The van der Waals surface area contributed by atoms with Crippen LogP contribution >= 0.6 is 11.8 Å². The number of carbonyl (C=O) groups excluding carboxylic acids is 2. The number of ether oxygens (including phenoxy) is 4. The largest absolute Gasteiger partial charge is 0.497 e. The fraction of sp³-hybridized carbons (Fsp3) is 0.303. The van der Waals surface area contributed by atoms with Crippen LogP contribution in [0.3, 0.4) is 0 Å². The average Bonchev–Trinajstić information content (AvgIpc) is 3.50. The second kappa shape index (κ2) is 11.7. The predicted octanol–water partition coefficient (Wildman–Crippen LogP) is 6.21. The Bertz CT molecular complexity index is 1600. The molecule has 1 saturated heterocycles. The molecule has 0 radical (unpaired) electrons. The molecule has 0 saturated carbocycles. The summed E-state index contributed by atoms with van der Waals surface area (Å²) in [5, 5.41) is 0. The topological polar surface area (TPSA) is 89.9 Å². The molecule has 2 heterocycles. The molecule has 0 N–H and O–H groups in total. The van der Waals surface area contributed by atoms with Gasteiger partial charge in [0.15, 0.2) is 10.3 Å². The molecule has 43 heavy (non-hydrogen) atoms. The number of hydrogen-bond donors (Lipinski definition) is 0. The monoisotopic (exact) mass is 601 g/mol. The molecule has 10 heteroatoms. The van der Waals surface area contributed by atoms with E-state index in [9.17, 15) is 9.59 Å². The summed E-state index contributed by atoms with van der Waals surface area (Å²) in [4.78, 5) is 36.8. The molecule has 0 unspecified atom stereocenters. The van der Waals surface area contributed by atoms with Gasteiger partial charge in [-0.3, -0.25) is 9.69 Å². The molecule has 0 bridgehead atoms. The van der Waals surface area contributed by atoms with E-state index in [1.165, 1.54) is 26.0 Å². The first-order chi connectivity index (χ1) is 20.7. The zero-order valence-corrected chi connectivity index (χ0v) is 26.2. The van der Waals surface area contributed by atoms with Gasteiger partial charge in [0.1, 0.15) is 17.3 Å². The molecule has 1 fully saturated rings. The first kappa shape index (κ1) is 30.0. The summed E-state index contributed by atoms with van der Waals surface area (Å²) in [6, 6.07) is 22.7. The highest BCUT2D eigenvalue weighted by Gasteiger charge is 2.73. The van der Waals surface area contributed by atoms with Crippen LogP contribution in [0.5, 0.6) is 11.5 Å². The van der Waals surface area contributed by atoms with Crippen molar-refractivity contribution in [2.75, 3.05) is 44.8 Å². The van der Waals surface area contributed by atoms with E-state index in [-0.39, 0.29) is 0 Å². The Kier molecular flexibility index (Phi) is 8.16. The number of hydrogen-bond acceptors (Lipinski definition) is 9. The Morgan fingerprint density at radius 1 is 0.860 bits per heavy atom. The second-order valence-corrected chi connectivity index (χ2v) is 11.4. The van der Waals surface area contributed by atoms with Crippen molar-refractivity contribution >= 4 is 46.6 Å². The number of carbonyl (C=O) groups is 2. The number of aliphatic imine (C=N–C) groups is 1. The lowest BCUT2D eigenvalue weighted by molar-refractivity contribution is -0.148. The van der Waals surface area contributed by atoms with E-state index in [4.69, 9.17) is 23.9 Å². The molecule has 5 rings (SSSR count). The molecule has 2 atom stereocenters. The third-order valence-electron chi connectivity index (χ3n) is 8.07. The smallest absolute Gasteiger partial charge is 0.335 e. The molecule has 224 valence electrons. The van der Waals surface area contributed by atoms with Crippen molar-refractivity contribution in [3.63, 3.8) is 0 Å². The van der Waals surface area contributed by atoms with Gasteiger partial charge in [-0.2, -0.15) is 0 Å². The van der Waals surface area contributed by atoms with Crippen LogP contribution in [0.4, 0.5) is 17.1 Å². The van der Waals surface area contributed by atoms with Crippen LogP contribution in [0.15, 0.2) is 94.0 Å². The van der Waals surface area contributed by atoms with E-state index in [1.807, 2.05) is 91.5 Å². The number of amidine groups is 1. The number of rotatable bonds is 7. The maximum atomic E-state index is 14.3. The van der Waals surface area contributed by atoms with Crippen molar-refractivity contribution in [2.45, 2.75) is 30.5 Å². The van der Waals surface area contributed by atoms with Gasteiger partial charge in [-0.15, -0.1) is 0 Å². The molecule has 2 aliphatic rings. The number of methoxy groups -OCH3 is 4. The number of esters is 2. The number of para-hydroxylation sites is 1. The summed E-state index contributed by atoms with van der Waals surface area (Å²) >= 11 is 1.51. The van der Waals surface area contributed by atoms with E-state index in [0.717, 1.165) is 10.6 Å². The molecular weight excluding hydrogens is 566 g/mol. The summed E-state index contributed by atoms with van der Waals surface area (Å²) in [6.45, 7) is 6.13. The first-order valence-corrected chi connectivity index (χ1v) is 14.6. The normalized spacial score (nSPS) is 22.9. The molecule has 2 aliphatic heterocycles. The molecular formula is C33H35N3O6S. The van der Waals surface area contributed by atoms with Crippen LogP contribution < -0.4 is 19.3 Å². The SMILES string of the molecule is CCN1c2ccccc2S[C@]12/C(=C(/C)C(=O)OC)N(c1ccc(OC)cc1)C(=Nc1ccc(OC)cc1)[C@@]2(C)C(=O)OC. The second-order valence-electron chi connectivity index (χ2n) is 10.2. The third kappa shape index (κ3) is 4.52. The minimum Gasteiger partial charge on any atom is -0.497 e. The van der Waals surface area contributed by atoms with Crippen LogP contribution in [-0.4, -0.2) is 57.6 Å². The van der Waals surface area contributed by atoms with Gasteiger partial charge in [0.25, 0.3) is 0 Å². The lowest BCUT2D eigenvalue weighted by atomic mass is 9.80. The van der Waals surface area contributed by atoms with E-state index in [1.54, 1.807) is 21.1 Å². The zero-order valence-electron chi connectivity index (χ0n) is 25.3. The van der Waals surface area contributed by atoms with Crippen molar-refractivity contribution in [3.8, 4) is 11.5 Å². The van der Waals surface area contributed by atoms with Gasteiger partial charge in [0.2, 0.25) is 0 Å². The van der Waals surface area contributed by atoms with Gasteiger partial charge in [-0.05, 0) is 81.4 Å². The van der Waals surface area contributed by atoms with Gasteiger partial charge in [-0.1, -0.05) is 23.9 Å². The van der Waals surface area contributed by atoms with Crippen molar-refractivity contribution in [1.29, 1.82) is 0 Å². The lowest BCUT2D eigenvalue weighted by Crippen LogP contribution is -2.59. The number of likely N-dealkylation sites (N-methyl/N-ethyl adjacent to an activating group) is 1. The van der Waals surface area contributed by atoms with Crippen molar-refractivity contribution in [1.82, 2.24) is 0 Å². The van der Waals surface area contributed by atoms with Crippen LogP contribution in [0.25, 0.3) is 0 Å². The summed E-state index contributed by atoms with van der Waals surface area (Å²) < 4.78 is 21.7. The third-order valence-corrected chi connectivity index (χ3v) is 9.75. The summed E-state index contributed by atoms with van der Waals surface area (Å²) in [5.41, 5.74) is 1.71. The van der Waals surface area contributed by atoms with Crippen LogP contribution in [0, 0.1) is 5.41 Å². The zero-order chi connectivity index (χ0) is 30.9. The number of thioether (sulfide) groups is 1. The Labute approximate surface area is 256 Å². The maximum Gasteiger partial charge on any atom is 0.335 e. The van der Waals surface area contributed by atoms with Gasteiger partial charge in [0.05, 0.1) is 51.1 Å². The van der Waals surface area contributed by atoms with E-state index >= 15 is 0 Å². The van der Waals surface area contributed by atoms with E-state index < -0.39 is 22.2 Å². The van der Waals surface area contributed by atoms with Crippen LogP contribution in [0.1, 0.15) is 20.8 Å². The number of nitrogens with zero attached hydrogens (tertiary/aromatic N) is 3. The summed E-state index contributed by atoms with van der Waals surface area (Å²) in [5.74, 6) is 0.723. The number of fused-ring (bicyclic) bond motifs is 1. The quantitative estimate of drug-likeness (QED) is 0.232. The Hall–Kier alpha value is -4.44. The minimum absolute atomic E-state index is 0.340. The highest BCUT2D eigenvalue weighted by Crippen LogP contribution is 2.67. The molecule has 3 aromatic carbocycles. The van der Waals surface area contributed by atoms with Crippen molar-refractivity contribution in [3.05, 3.63) is 84.1 Å². The standard InChI is InChI=1S/C33H35N3O6S/c1-8-35-26-11-9-10-12-27(26)43-33(35)28(21(2)29(37)41-6)36(23-15-19-25(40-5)20-16-23)30(32(33,3)31(38)42-7)34-22-13-17-24(39-4)18-14-22/h9-20H,8H2,1-7H3/b28-21+,34-30?/t32-,33-/m0/s1. The predicted molar refractivity (Wildman–Crippen MR) is 168 cm³/mol. The van der Waals surface area contributed by atoms with Gasteiger partial charge >= 0.3 is 11.9 Å². The highest BCUT2D eigenvalue weighted by molar-refractivity contribution is 8.01. The molecule has 9 nitrogen and oxygen atoms in total. The van der Waals surface area contributed by atoms with E-state index in [0.29, 0.717) is 46.5 Å². The lowest BCUT2D eigenvalue weighted by Gasteiger charge is -2.44. The minimum atomic E-state index is -1.42. The Balaban J connectivity index is 1.94. The molecule has 3 aromatic rings. The molecule has 0 amide bonds. The van der Waals surface area contributed by atoms with Gasteiger partial charge in [0, 0.05) is 17.1 Å². The number of benzene rings is 3. The fourth-order valence-electron chi connectivity index (χ4n) is 5.99. The van der Waals surface area contributed by atoms with E-state index in [2.05, 4.69) is 4.90 Å². The summed E-state index contributed by atoms with van der Waals surface area (Å²) in [6.07, 6.45) is 0. The van der Waals surface area contributed by atoms with Crippen LogP contribution in [0.2, 0.25) is 0 Å². The molecule has 0 aliphatic carbocycles. The molecule has 1 spiro atoms. The first-order valence-electron chi connectivity index (χ1n) is 13.8. The number of anilines is 2. The van der Waals surface area contributed by atoms with Crippen LogP contribution in [-0.2, 0) is 19.1 Å². The van der Waals surface area contributed by atoms with Crippen molar-refractivity contribution < 1.29 is 28.5 Å². The highest BCUT2D eigenvalue weighted by atomic mass is 32.2. The van der Waals surface area contributed by atoms with Gasteiger partial charge < -0.3 is 23.8 Å². The maximum absolute atomic E-state index is 14.3.